The minimum atomic E-state index is -0.0927. The lowest BCUT2D eigenvalue weighted by molar-refractivity contribution is -0.138. The number of aryl methyl sites for hydroxylation is 1. The predicted octanol–water partition coefficient (Wildman–Crippen LogP) is 5.89. The van der Waals surface area contributed by atoms with Crippen LogP contribution in [0.2, 0.25) is 0 Å². The molecule has 3 rings (SSSR count). The molecule has 176 valence electrons. The van der Waals surface area contributed by atoms with E-state index in [-0.39, 0.29) is 17.2 Å². The quantitative estimate of drug-likeness (QED) is 0.327. The molecule has 0 saturated heterocycles. The molecule has 0 aromatic heterocycles. The Morgan fingerprint density at radius 3 is 2.31 bits per heavy atom. The number of hydrogen-bond donors (Lipinski definition) is 1. The van der Waals surface area contributed by atoms with Crippen LogP contribution in [-0.2, 0) is 16.0 Å². The summed E-state index contributed by atoms with van der Waals surface area (Å²) in [5.74, 6) is 0.416. The number of nitrogens with two attached hydrogens (primary N) is 1. The smallest absolute Gasteiger partial charge is 0.261 e. The monoisotopic (exact) mass is 438 g/mol. The van der Waals surface area contributed by atoms with E-state index in [0.717, 1.165) is 36.8 Å². The topological polar surface area (TPSA) is 63.4 Å². The SMILES string of the molecule is CC(C)C(N)CCCCCCCCC(C)(C)CN1C(=O)C2=C(C1=O)c1ccccc1CC2. The standard InChI is InChI=1S/C28H42N2O2/c1-20(2)24(29)15-9-7-5-6-8-12-18-28(3,4)19-30-26(31)23-17-16-21-13-10-11-14-22(21)25(23)27(30)32/h10-11,13-14,20,24H,5-9,12,15-19,29H2,1-4H3. The van der Waals surface area contributed by atoms with Gasteiger partial charge in [0.1, 0.15) is 0 Å². The molecule has 1 unspecified atom stereocenters. The number of benzene rings is 1. The van der Waals surface area contributed by atoms with Crippen LogP contribution in [0.5, 0.6) is 0 Å². The van der Waals surface area contributed by atoms with Crippen molar-refractivity contribution in [3.05, 3.63) is 41.0 Å². The minimum Gasteiger partial charge on any atom is -0.327 e. The number of rotatable bonds is 12. The molecule has 2 N–H and O–H groups in total. The highest BCUT2D eigenvalue weighted by atomic mass is 16.2. The third kappa shape index (κ3) is 5.89. The van der Waals surface area contributed by atoms with Crippen LogP contribution < -0.4 is 5.73 Å². The third-order valence-electron chi connectivity index (χ3n) is 7.28. The Labute approximate surface area is 194 Å². The third-order valence-corrected chi connectivity index (χ3v) is 7.28. The van der Waals surface area contributed by atoms with Gasteiger partial charge in [0.05, 0.1) is 5.57 Å². The normalized spacial score (nSPS) is 17.2. The van der Waals surface area contributed by atoms with Crippen molar-refractivity contribution in [2.24, 2.45) is 17.1 Å². The van der Waals surface area contributed by atoms with Crippen LogP contribution in [0.3, 0.4) is 0 Å². The predicted molar refractivity (Wildman–Crippen MR) is 132 cm³/mol. The van der Waals surface area contributed by atoms with E-state index in [1.165, 1.54) is 42.6 Å². The highest BCUT2D eigenvalue weighted by Gasteiger charge is 2.42. The Hall–Kier alpha value is -1.94. The molecule has 1 aliphatic carbocycles. The van der Waals surface area contributed by atoms with Gasteiger partial charge in [-0.25, -0.2) is 0 Å². The Bertz CT molecular complexity index is 853. The number of amides is 2. The molecule has 4 nitrogen and oxygen atoms in total. The highest BCUT2D eigenvalue weighted by Crippen LogP contribution is 2.39. The van der Waals surface area contributed by atoms with Gasteiger partial charge in [0.25, 0.3) is 11.8 Å². The van der Waals surface area contributed by atoms with Gasteiger partial charge in [0, 0.05) is 18.2 Å². The van der Waals surface area contributed by atoms with Crippen molar-refractivity contribution in [2.75, 3.05) is 6.54 Å². The van der Waals surface area contributed by atoms with Gasteiger partial charge in [0.2, 0.25) is 0 Å². The molecule has 32 heavy (non-hydrogen) atoms. The van der Waals surface area contributed by atoms with Gasteiger partial charge in [-0.3, -0.25) is 14.5 Å². The van der Waals surface area contributed by atoms with E-state index in [9.17, 15) is 9.59 Å². The van der Waals surface area contributed by atoms with Gasteiger partial charge in [0.15, 0.2) is 0 Å². The molecule has 1 aromatic rings. The molecular formula is C28H42N2O2. The second-order valence-corrected chi connectivity index (χ2v) is 10.9. The Balaban J connectivity index is 1.42. The van der Waals surface area contributed by atoms with Gasteiger partial charge < -0.3 is 5.73 Å². The molecule has 1 aliphatic heterocycles. The number of unbranched alkanes of at least 4 members (excludes halogenated alkanes) is 5. The first-order valence-corrected chi connectivity index (χ1v) is 12.6. The van der Waals surface area contributed by atoms with Gasteiger partial charge in [-0.15, -0.1) is 0 Å². The van der Waals surface area contributed by atoms with Gasteiger partial charge in [-0.1, -0.05) is 90.5 Å². The number of nitrogens with zero attached hydrogens (tertiary/aromatic N) is 1. The Morgan fingerprint density at radius 1 is 0.938 bits per heavy atom. The number of hydrogen-bond acceptors (Lipinski definition) is 3. The molecule has 1 atom stereocenters. The first-order valence-electron chi connectivity index (χ1n) is 12.6. The lowest BCUT2D eigenvalue weighted by Gasteiger charge is -2.29. The highest BCUT2D eigenvalue weighted by molar-refractivity contribution is 6.36. The summed E-state index contributed by atoms with van der Waals surface area (Å²) < 4.78 is 0. The average molecular weight is 439 g/mol. The van der Waals surface area contributed by atoms with Crippen molar-refractivity contribution in [3.8, 4) is 0 Å². The molecule has 2 amide bonds. The van der Waals surface area contributed by atoms with E-state index >= 15 is 0 Å². The summed E-state index contributed by atoms with van der Waals surface area (Å²) in [6, 6.07) is 8.35. The second-order valence-electron chi connectivity index (χ2n) is 10.9. The summed E-state index contributed by atoms with van der Waals surface area (Å²) in [5, 5.41) is 0. The van der Waals surface area contributed by atoms with E-state index in [2.05, 4.69) is 33.8 Å². The fraction of sp³-hybridized carbons (Fsp3) is 0.643. The molecule has 0 bridgehead atoms. The maximum atomic E-state index is 13.2. The van der Waals surface area contributed by atoms with Crippen LogP contribution in [0.1, 0.15) is 96.6 Å². The van der Waals surface area contributed by atoms with E-state index in [4.69, 9.17) is 5.73 Å². The van der Waals surface area contributed by atoms with Gasteiger partial charge >= 0.3 is 0 Å². The van der Waals surface area contributed by atoms with Crippen molar-refractivity contribution in [1.29, 1.82) is 0 Å². The second kappa shape index (κ2) is 10.8. The first-order chi connectivity index (χ1) is 15.2. The lowest BCUT2D eigenvalue weighted by atomic mass is 9.86. The molecule has 0 radical (unpaired) electrons. The molecule has 4 heteroatoms. The minimum absolute atomic E-state index is 0.0628. The van der Waals surface area contributed by atoms with Crippen molar-refractivity contribution in [1.82, 2.24) is 4.90 Å². The molecule has 1 heterocycles. The largest absolute Gasteiger partial charge is 0.327 e. The summed E-state index contributed by atoms with van der Waals surface area (Å²) in [6.45, 7) is 9.27. The first kappa shape index (κ1) is 24.7. The van der Waals surface area contributed by atoms with Crippen molar-refractivity contribution in [3.63, 3.8) is 0 Å². The van der Waals surface area contributed by atoms with Crippen molar-refractivity contribution in [2.45, 2.75) is 97.9 Å². The van der Waals surface area contributed by atoms with Crippen LogP contribution in [0, 0.1) is 11.3 Å². The van der Waals surface area contributed by atoms with E-state index in [1.807, 2.05) is 18.2 Å². The fourth-order valence-electron chi connectivity index (χ4n) is 5.05. The molecule has 0 spiro atoms. The van der Waals surface area contributed by atoms with Crippen molar-refractivity contribution >= 4 is 17.4 Å². The molecule has 2 aliphatic rings. The van der Waals surface area contributed by atoms with E-state index < -0.39 is 0 Å². The number of carbonyl (C=O) groups is 2. The maximum absolute atomic E-state index is 13.2. The number of imide groups is 1. The number of fused-ring (bicyclic) bond motifs is 2. The van der Waals surface area contributed by atoms with Crippen molar-refractivity contribution < 1.29 is 9.59 Å². The van der Waals surface area contributed by atoms with Crippen LogP contribution in [-0.4, -0.2) is 29.3 Å². The fourth-order valence-corrected chi connectivity index (χ4v) is 5.05. The van der Waals surface area contributed by atoms with Crippen LogP contribution in [0.15, 0.2) is 29.8 Å². The zero-order valence-electron chi connectivity index (χ0n) is 20.6. The molecule has 0 saturated carbocycles. The lowest BCUT2D eigenvalue weighted by Crippen LogP contribution is -2.39. The van der Waals surface area contributed by atoms with E-state index in [0.29, 0.717) is 30.5 Å². The van der Waals surface area contributed by atoms with Crippen LogP contribution in [0.25, 0.3) is 5.57 Å². The van der Waals surface area contributed by atoms with Gasteiger partial charge in [-0.05, 0) is 48.1 Å². The molecule has 1 aromatic carbocycles. The molecule has 0 fully saturated rings. The number of carbonyl (C=O) groups excluding carboxylic acids is 2. The van der Waals surface area contributed by atoms with Crippen LogP contribution in [0.4, 0.5) is 0 Å². The summed E-state index contributed by atoms with van der Waals surface area (Å²) in [4.78, 5) is 27.8. The Morgan fingerprint density at radius 2 is 1.59 bits per heavy atom. The van der Waals surface area contributed by atoms with Crippen LogP contribution >= 0.6 is 0 Å². The molecular weight excluding hydrogens is 396 g/mol. The maximum Gasteiger partial charge on any atom is 0.261 e. The Kier molecular flexibility index (Phi) is 8.32. The summed E-state index contributed by atoms with van der Waals surface area (Å²) in [6.07, 6.45) is 11.0. The summed E-state index contributed by atoms with van der Waals surface area (Å²) in [5.41, 5.74) is 9.58. The average Bonchev–Trinajstić information content (AvgIpc) is 2.99. The summed E-state index contributed by atoms with van der Waals surface area (Å²) in [7, 11) is 0. The summed E-state index contributed by atoms with van der Waals surface area (Å²) >= 11 is 0. The zero-order chi connectivity index (χ0) is 23.3. The van der Waals surface area contributed by atoms with Gasteiger partial charge in [-0.2, -0.15) is 0 Å². The van der Waals surface area contributed by atoms with E-state index in [1.54, 1.807) is 0 Å². The zero-order valence-corrected chi connectivity index (χ0v) is 20.6.